The van der Waals surface area contributed by atoms with Gasteiger partial charge >= 0.3 is 0 Å². The van der Waals surface area contributed by atoms with E-state index in [1.807, 2.05) is 12.8 Å². The number of anilines is 1. The second-order valence-corrected chi connectivity index (χ2v) is 3.23. The zero-order valence-electron chi connectivity index (χ0n) is 8.92. The number of aliphatic hydroxyl groups excluding tert-OH is 1. The summed E-state index contributed by atoms with van der Waals surface area (Å²) in [6.07, 6.45) is 4.48. The van der Waals surface area contributed by atoms with Gasteiger partial charge in [0.25, 0.3) is 0 Å². The van der Waals surface area contributed by atoms with Crippen LogP contribution >= 0.6 is 0 Å². The lowest BCUT2D eigenvalue weighted by molar-refractivity contribution is 0.290. The van der Waals surface area contributed by atoms with Crippen LogP contribution in [0.25, 0.3) is 0 Å². The largest absolute Gasteiger partial charge is 0.395 e. The van der Waals surface area contributed by atoms with E-state index in [1.165, 1.54) is 6.07 Å². The van der Waals surface area contributed by atoms with Crippen molar-refractivity contribution in [3.05, 3.63) is 29.1 Å². The van der Waals surface area contributed by atoms with Gasteiger partial charge in [0.2, 0.25) is 0 Å². The number of aryl methyl sites for hydroxylation is 1. The number of rotatable bonds is 1. The molecule has 82 valence electrons. The number of benzene rings is 1. The Labute approximate surface area is 94.3 Å². The predicted molar refractivity (Wildman–Crippen MR) is 61.9 cm³/mol. The molecule has 2 nitrogen and oxygen atoms in total. The van der Waals surface area contributed by atoms with Crippen molar-refractivity contribution in [2.24, 2.45) is 0 Å². The van der Waals surface area contributed by atoms with Gasteiger partial charge < -0.3 is 10.8 Å². The molecule has 1 aromatic rings. The van der Waals surface area contributed by atoms with E-state index in [-0.39, 0.29) is 5.69 Å². The van der Waals surface area contributed by atoms with Gasteiger partial charge in [-0.2, -0.15) is 0 Å². The summed E-state index contributed by atoms with van der Waals surface area (Å²) in [6.45, 7) is 1.90. The van der Waals surface area contributed by atoms with E-state index < -0.39 is 11.9 Å². The Kier molecular flexibility index (Phi) is 3.94. The van der Waals surface area contributed by atoms with Crippen LogP contribution in [-0.2, 0) is 6.42 Å². The van der Waals surface area contributed by atoms with Crippen molar-refractivity contribution in [2.75, 3.05) is 5.73 Å². The lowest BCUT2D eigenvalue weighted by Crippen LogP contribution is -2.00. The first kappa shape index (κ1) is 12.1. The van der Waals surface area contributed by atoms with E-state index in [1.54, 1.807) is 6.07 Å². The average molecular weight is 217 g/mol. The first-order chi connectivity index (χ1) is 7.58. The number of terminal acetylenes is 1. The first-order valence-electron chi connectivity index (χ1n) is 4.82. The molecule has 0 aromatic heterocycles. The number of hydrogen-bond acceptors (Lipinski definition) is 2. The quantitative estimate of drug-likeness (QED) is 0.550. The van der Waals surface area contributed by atoms with Crippen molar-refractivity contribution in [3.8, 4) is 24.2 Å². The molecule has 1 rings (SSSR count). The third-order valence-electron chi connectivity index (χ3n) is 2.10. The smallest absolute Gasteiger partial charge is 0.176 e. The molecule has 0 radical (unpaired) electrons. The van der Waals surface area contributed by atoms with E-state index in [9.17, 15) is 4.39 Å². The van der Waals surface area contributed by atoms with E-state index in [2.05, 4.69) is 11.8 Å². The summed E-state index contributed by atoms with van der Waals surface area (Å²) in [5, 5.41) is 9.06. The highest BCUT2D eigenvalue weighted by atomic mass is 19.1. The molecule has 1 aromatic carbocycles. The van der Waals surface area contributed by atoms with Crippen LogP contribution < -0.4 is 5.73 Å². The molecular weight excluding hydrogens is 205 g/mol. The summed E-state index contributed by atoms with van der Waals surface area (Å²) in [5.74, 6) is 6.51. The van der Waals surface area contributed by atoms with Crippen LogP contribution in [0.4, 0.5) is 10.1 Å². The standard InChI is InChI=1S/C13H12FNO/c1-3-9-7-10(5-6-11(16)4-2)13(15)12(14)8-9/h2,7-8,11,16H,3,15H2,1H3/t11-/m1/s1. The molecule has 3 heteroatoms. The van der Waals surface area contributed by atoms with Crippen molar-refractivity contribution in [1.82, 2.24) is 0 Å². The maximum atomic E-state index is 13.3. The van der Waals surface area contributed by atoms with Crippen molar-refractivity contribution >= 4 is 5.69 Å². The fourth-order valence-electron chi connectivity index (χ4n) is 1.17. The van der Waals surface area contributed by atoms with E-state index in [4.69, 9.17) is 17.3 Å². The molecule has 0 aliphatic carbocycles. The molecule has 0 bridgehead atoms. The zero-order valence-corrected chi connectivity index (χ0v) is 8.92. The van der Waals surface area contributed by atoms with E-state index >= 15 is 0 Å². The number of nitrogens with two attached hydrogens (primary N) is 1. The highest BCUT2D eigenvalue weighted by molar-refractivity contribution is 5.58. The third kappa shape index (κ3) is 2.76. The Hall–Kier alpha value is -1.97. The molecule has 0 heterocycles. The Bertz CT molecular complexity index is 491. The second kappa shape index (κ2) is 5.21. The Balaban J connectivity index is 3.17. The maximum Gasteiger partial charge on any atom is 0.176 e. The summed E-state index contributed by atoms with van der Waals surface area (Å²) in [4.78, 5) is 0. The van der Waals surface area contributed by atoms with Crippen LogP contribution in [0.15, 0.2) is 12.1 Å². The highest BCUT2D eigenvalue weighted by Crippen LogP contribution is 2.18. The van der Waals surface area contributed by atoms with Gasteiger partial charge in [-0.05, 0) is 24.1 Å². The summed E-state index contributed by atoms with van der Waals surface area (Å²) in [6, 6.07) is 3.06. The Morgan fingerprint density at radius 1 is 1.56 bits per heavy atom. The molecule has 0 unspecified atom stereocenters. The lowest BCUT2D eigenvalue weighted by Gasteiger charge is -2.03. The minimum absolute atomic E-state index is 0.0195. The molecule has 0 spiro atoms. The van der Waals surface area contributed by atoms with Crippen molar-refractivity contribution in [2.45, 2.75) is 19.4 Å². The van der Waals surface area contributed by atoms with Crippen molar-refractivity contribution in [1.29, 1.82) is 0 Å². The lowest BCUT2D eigenvalue weighted by atomic mass is 10.1. The minimum Gasteiger partial charge on any atom is -0.395 e. The van der Waals surface area contributed by atoms with Crippen LogP contribution in [0, 0.1) is 30.0 Å². The fourth-order valence-corrected chi connectivity index (χ4v) is 1.17. The van der Waals surface area contributed by atoms with Crippen LogP contribution in [0.3, 0.4) is 0 Å². The summed E-state index contributed by atoms with van der Waals surface area (Å²) in [5.41, 5.74) is 6.65. The molecule has 0 aliphatic heterocycles. The van der Waals surface area contributed by atoms with Crippen molar-refractivity contribution in [3.63, 3.8) is 0 Å². The minimum atomic E-state index is -1.16. The van der Waals surface area contributed by atoms with Gasteiger partial charge in [0.1, 0.15) is 5.82 Å². The monoisotopic (exact) mass is 217 g/mol. The van der Waals surface area contributed by atoms with Gasteiger partial charge in [-0.3, -0.25) is 0 Å². The normalized spacial score (nSPS) is 11.1. The number of aliphatic hydroxyl groups is 1. The maximum absolute atomic E-state index is 13.3. The third-order valence-corrected chi connectivity index (χ3v) is 2.10. The molecule has 0 aliphatic rings. The van der Waals surface area contributed by atoms with Crippen LogP contribution in [0.2, 0.25) is 0 Å². The highest BCUT2D eigenvalue weighted by Gasteiger charge is 2.05. The summed E-state index contributed by atoms with van der Waals surface area (Å²) in [7, 11) is 0. The number of halogens is 1. The fraction of sp³-hybridized carbons (Fsp3) is 0.231. The van der Waals surface area contributed by atoms with Crippen LogP contribution in [-0.4, -0.2) is 11.2 Å². The first-order valence-corrected chi connectivity index (χ1v) is 4.82. The topological polar surface area (TPSA) is 46.2 Å². The van der Waals surface area contributed by atoms with Crippen LogP contribution in [0.5, 0.6) is 0 Å². The molecule has 16 heavy (non-hydrogen) atoms. The summed E-state index contributed by atoms with van der Waals surface area (Å²) < 4.78 is 13.3. The molecule has 3 N–H and O–H groups in total. The Morgan fingerprint density at radius 3 is 2.81 bits per heavy atom. The van der Waals surface area contributed by atoms with Gasteiger partial charge in [-0.15, -0.1) is 6.42 Å². The molecule has 1 atom stereocenters. The van der Waals surface area contributed by atoms with Crippen molar-refractivity contribution < 1.29 is 9.50 Å². The zero-order chi connectivity index (χ0) is 12.1. The van der Waals surface area contributed by atoms with Gasteiger partial charge in [-0.1, -0.05) is 24.7 Å². The Morgan fingerprint density at radius 2 is 2.25 bits per heavy atom. The molecule has 0 amide bonds. The van der Waals surface area contributed by atoms with Gasteiger partial charge in [0, 0.05) is 0 Å². The molecule has 0 saturated carbocycles. The average Bonchev–Trinajstić information content (AvgIpc) is 2.30. The van der Waals surface area contributed by atoms with Gasteiger partial charge in [-0.25, -0.2) is 4.39 Å². The second-order valence-electron chi connectivity index (χ2n) is 3.23. The van der Waals surface area contributed by atoms with Gasteiger partial charge in [0.15, 0.2) is 6.10 Å². The number of nitrogen functional groups attached to an aromatic ring is 1. The summed E-state index contributed by atoms with van der Waals surface area (Å²) >= 11 is 0. The molecular formula is C13H12FNO. The van der Waals surface area contributed by atoms with E-state index in [0.717, 1.165) is 5.56 Å². The number of hydrogen-bond donors (Lipinski definition) is 2. The van der Waals surface area contributed by atoms with Gasteiger partial charge in [0.05, 0.1) is 11.3 Å². The van der Waals surface area contributed by atoms with E-state index in [0.29, 0.717) is 12.0 Å². The van der Waals surface area contributed by atoms with Crippen LogP contribution in [0.1, 0.15) is 18.1 Å². The SMILES string of the molecule is C#C[C@@H](O)C#Cc1cc(CC)cc(F)c1N. The molecule has 0 fully saturated rings. The predicted octanol–water partition coefficient (Wildman–Crippen LogP) is 1.32. The molecule has 0 saturated heterocycles.